The number of aryl methyl sites for hydroxylation is 1. The van der Waals surface area contributed by atoms with Crippen molar-refractivity contribution >= 4 is 15.8 Å². The van der Waals surface area contributed by atoms with Gasteiger partial charge in [0.15, 0.2) is 9.84 Å². The van der Waals surface area contributed by atoms with Crippen LogP contribution in [0.15, 0.2) is 17.7 Å². The molecule has 1 aromatic heterocycles. The fraction of sp³-hybridized carbons (Fsp3) is 0.500. The standard InChI is InChI=1S/C12H17N3O4S/c1-3-19-12(16)10-6-14-15(2)11(10)7-13-9-4-5-20(17,18)8-9/h4-6,9,13H,3,7-8H2,1-2H3. The van der Waals surface area contributed by atoms with E-state index in [1.165, 1.54) is 11.6 Å². The lowest BCUT2D eigenvalue weighted by molar-refractivity contribution is 0.0524. The summed E-state index contributed by atoms with van der Waals surface area (Å²) < 4.78 is 29.2. The first-order chi connectivity index (χ1) is 9.43. The van der Waals surface area contributed by atoms with Crippen molar-refractivity contribution in [1.29, 1.82) is 0 Å². The molecule has 1 unspecified atom stereocenters. The fourth-order valence-electron chi connectivity index (χ4n) is 1.98. The van der Waals surface area contributed by atoms with E-state index in [1.807, 2.05) is 0 Å². The molecule has 1 N–H and O–H groups in total. The van der Waals surface area contributed by atoms with E-state index in [-0.39, 0.29) is 11.8 Å². The Bertz CT molecular complexity index is 633. The second-order valence-electron chi connectivity index (χ2n) is 4.49. The zero-order chi connectivity index (χ0) is 14.8. The van der Waals surface area contributed by atoms with E-state index < -0.39 is 15.8 Å². The van der Waals surface area contributed by atoms with E-state index in [0.717, 1.165) is 0 Å². The first-order valence-electron chi connectivity index (χ1n) is 6.25. The van der Waals surface area contributed by atoms with Gasteiger partial charge in [-0.15, -0.1) is 0 Å². The van der Waals surface area contributed by atoms with Gasteiger partial charge in [0.05, 0.1) is 24.3 Å². The van der Waals surface area contributed by atoms with Gasteiger partial charge in [-0.05, 0) is 6.92 Å². The number of nitrogens with one attached hydrogen (secondary N) is 1. The highest BCUT2D eigenvalue weighted by Crippen LogP contribution is 2.12. The quantitative estimate of drug-likeness (QED) is 0.770. The smallest absolute Gasteiger partial charge is 0.341 e. The number of carbonyl (C=O) groups excluding carboxylic acids is 1. The van der Waals surface area contributed by atoms with Gasteiger partial charge in [0.1, 0.15) is 5.56 Å². The molecular weight excluding hydrogens is 282 g/mol. The number of rotatable bonds is 5. The Balaban J connectivity index is 2.05. The van der Waals surface area contributed by atoms with E-state index in [0.29, 0.717) is 24.4 Å². The summed E-state index contributed by atoms with van der Waals surface area (Å²) in [6.45, 7) is 2.37. The zero-order valence-electron chi connectivity index (χ0n) is 11.4. The van der Waals surface area contributed by atoms with Crippen molar-refractivity contribution in [3.8, 4) is 0 Å². The maximum absolute atomic E-state index is 11.8. The molecule has 1 aromatic rings. The minimum atomic E-state index is -3.09. The summed E-state index contributed by atoms with van der Waals surface area (Å²) in [5.74, 6) is -0.383. The van der Waals surface area contributed by atoms with Crippen molar-refractivity contribution in [2.45, 2.75) is 19.5 Å². The molecule has 0 aromatic carbocycles. The van der Waals surface area contributed by atoms with Gasteiger partial charge >= 0.3 is 5.97 Å². The topological polar surface area (TPSA) is 90.3 Å². The first-order valence-corrected chi connectivity index (χ1v) is 7.97. The highest BCUT2D eigenvalue weighted by atomic mass is 32.2. The van der Waals surface area contributed by atoms with E-state index in [4.69, 9.17) is 4.74 Å². The Morgan fingerprint density at radius 1 is 1.60 bits per heavy atom. The zero-order valence-corrected chi connectivity index (χ0v) is 12.2. The van der Waals surface area contributed by atoms with Crippen LogP contribution in [-0.4, -0.2) is 42.6 Å². The largest absolute Gasteiger partial charge is 0.462 e. The van der Waals surface area contributed by atoms with Gasteiger partial charge in [0, 0.05) is 25.0 Å². The molecule has 20 heavy (non-hydrogen) atoms. The van der Waals surface area contributed by atoms with Crippen molar-refractivity contribution in [3.05, 3.63) is 28.9 Å². The van der Waals surface area contributed by atoms with Gasteiger partial charge in [0.25, 0.3) is 0 Å². The SMILES string of the molecule is CCOC(=O)c1cnn(C)c1CNC1C=CS(=O)(=O)C1. The number of hydrogen-bond acceptors (Lipinski definition) is 6. The van der Waals surface area contributed by atoms with Gasteiger partial charge in [0.2, 0.25) is 0 Å². The van der Waals surface area contributed by atoms with Crippen LogP contribution in [0, 0.1) is 0 Å². The molecule has 110 valence electrons. The number of carbonyl (C=O) groups is 1. The third kappa shape index (κ3) is 3.26. The molecule has 7 nitrogen and oxygen atoms in total. The lowest BCUT2D eigenvalue weighted by atomic mass is 10.2. The van der Waals surface area contributed by atoms with Crippen LogP contribution < -0.4 is 5.32 Å². The van der Waals surface area contributed by atoms with Crippen LogP contribution in [-0.2, 0) is 28.2 Å². The van der Waals surface area contributed by atoms with Crippen LogP contribution in [0.5, 0.6) is 0 Å². The van der Waals surface area contributed by atoms with E-state index >= 15 is 0 Å². The molecule has 2 heterocycles. The second kappa shape index (κ2) is 5.76. The monoisotopic (exact) mass is 299 g/mol. The summed E-state index contributed by atoms with van der Waals surface area (Å²) >= 11 is 0. The van der Waals surface area contributed by atoms with Crippen molar-refractivity contribution < 1.29 is 17.9 Å². The summed E-state index contributed by atoms with van der Waals surface area (Å²) in [5.41, 5.74) is 1.06. The van der Waals surface area contributed by atoms with Crippen LogP contribution in [0.25, 0.3) is 0 Å². The average molecular weight is 299 g/mol. The number of esters is 1. The maximum Gasteiger partial charge on any atom is 0.341 e. The van der Waals surface area contributed by atoms with Crippen LogP contribution in [0.4, 0.5) is 0 Å². The molecule has 0 saturated heterocycles. The van der Waals surface area contributed by atoms with Crippen molar-refractivity contribution in [2.24, 2.45) is 7.05 Å². The number of ether oxygens (including phenoxy) is 1. The highest BCUT2D eigenvalue weighted by molar-refractivity contribution is 7.94. The molecule has 1 aliphatic heterocycles. The fourth-order valence-corrected chi connectivity index (χ4v) is 3.25. The number of sulfone groups is 1. The van der Waals surface area contributed by atoms with Gasteiger partial charge in [-0.2, -0.15) is 5.10 Å². The Morgan fingerprint density at radius 2 is 2.35 bits per heavy atom. The Morgan fingerprint density at radius 3 is 2.95 bits per heavy atom. The van der Waals surface area contributed by atoms with E-state index in [2.05, 4.69) is 10.4 Å². The molecule has 2 rings (SSSR count). The van der Waals surface area contributed by atoms with Gasteiger partial charge in [-0.25, -0.2) is 13.2 Å². The van der Waals surface area contributed by atoms with Crippen LogP contribution in [0.3, 0.4) is 0 Å². The summed E-state index contributed by atoms with van der Waals surface area (Å²) in [6.07, 6.45) is 3.06. The molecular formula is C12H17N3O4S. The molecule has 8 heteroatoms. The molecule has 1 atom stereocenters. The van der Waals surface area contributed by atoms with Crippen molar-refractivity contribution in [3.63, 3.8) is 0 Å². The third-order valence-electron chi connectivity index (χ3n) is 3.02. The molecule has 0 fully saturated rings. The minimum Gasteiger partial charge on any atom is -0.462 e. The Kier molecular flexibility index (Phi) is 4.24. The highest BCUT2D eigenvalue weighted by Gasteiger charge is 2.23. The number of hydrogen-bond donors (Lipinski definition) is 1. The summed E-state index contributed by atoms with van der Waals surface area (Å²) in [5, 5.41) is 8.33. The maximum atomic E-state index is 11.8. The predicted octanol–water partition coefficient (Wildman–Crippen LogP) is -0.00290. The number of nitrogens with zero attached hydrogens (tertiary/aromatic N) is 2. The van der Waals surface area contributed by atoms with Crippen molar-refractivity contribution in [1.82, 2.24) is 15.1 Å². The predicted molar refractivity (Wildman–Crippen MR) is 72.7 cm³/mol. The van der Waals surface area contributed by atoms with E-state index in [1.54, 1.807) is 24.7 Å². The van der Waals surface area contributed by atoms with Crippen LogP contribution >= 0.6 is 0 Å². The van der Waals surface area contributed by atoms with Gasteiger partial charge in [-0.3, -0.25) is 4.68 Å². The molecule has 0 aliphatic carbocycles. The molecule has 0 saturated carbocycles. The molecule has 0 amide bonds. The summed E-state index contributed by atoms with van der Waals surface area (Å²) in [6, 6.07) is -0.245. The third-order valence-corrected chi connectivity index (χ3v) is 4.41. The van der Waals surface area contributed by atoms with Crippen LogP contribution in [0.1, 0.15) is 23.0 Å². The molecule has 0 bridgehead atoms. The lowest BCUT2D eigenvalue weighted by Crippen LogP contribution is -2.31. The molecule has 0 radical (unpaired) electrons. The summed E-state index contributed by atoms with van der Waals surface area (Å²) in [7, 11) is -1.37. The van der Waals surface area contributed by atoms with E-state index in [9.17, 15) is 13.2 Å². The lowest BCUT2D eigenvalue weighted by Gasteiger charge is -2.11. The summed E-state index contributed by atoms with van der Waals surface area (Å²) in [4.78, 5) is 11.8. The molecule has 1 aliphatic rings. The first kappa shape index (κ1) is 14.7. The second-order valence-corrected chi connectivity index (χ2v) is 6.43. The Labute approximate surface area is 117 Å². The van der Waals surface area contributed by atoms with Gasteiger partial charge < -0.3 is 10.1 Å². The Hall–Kier alpha value is -1.67. The normalized spacial score (nSPS) is 20.2. The average Bonchev–Trinajstić information content (AvgIpc) is 2.90. The molecule has 0 spiro atoms. The van der Waals surface area contributed by atoms with Crippen LogP contribution in [0.2, 0.25) is 0 Å². The minimum absolute atomic E-state index is 0.0413. The van der Waals surface area contributed by atoms with Gasteiger partial charge in [-0.1, -0.05) is 6.08 Å². The number of aromatic nitrogens is 2. The van der Waals surface area contributed by atoms with Crippen molar-refractivity contribution in [2.75, 3.05) is 12.4 Å².